The maximum absolute atomic E-state index is 13.4. The number of amides is 1. The number of furan rings is 1. The van der Waals surface area contributed by atoms with E-state index in [9.17, 15) is 18.7 Å². The summed E-state index contributed by atoms with van der Waals surface area (Å²) >= 11 is 0. The molecule has 0 aliphatic rings. The van der Waals surface area contributed by atoms with Gasteiger partial charge >= 0.3 is 0 Å². The van der Waals surface area contributed by atoms with Crippen LogP contribution >= 0.6 is 0 Å². The predicted molar refractivity (Wildman–Crippen MR) is 71.4 cm³/mol. The molecule has 0 spiro atoms. The summed E-state index contributed by atoms with van der Waals surface area (Å²) in [5, 5.41) is 11.8. The van der Waals surface area contributed by atoms with E-state index in [1.165, 1.54) is 6.26 Å². The molecule has 112 valence electrons. The number of rotatable bonds is 6. The zero-order chi connectivity index (χ0) is 15.2. The van der Waals surface area contributed by atoms with Gasteiger partial charge in [0.2, 0.25) is 5.91 Å². The van der Waals surface area contributed by atoms with E-state index in [0.29, 0.717) is 5.76 Å². The molecule has 1 aromatic carbocycles. The average Bonchev–Trinajstić information content (AvgIpc) is 2.99. The molecule has 0 fully saturated rings. The van der Waals surface area contributed by atoms with Crippen molar-refractivity contribution in [1.29, 1.82) is 0 Å². The Morgan fingerprint density at radius 1 is 1.33 bits per heavy atom. The fraction of sp³-hybridized carbons (Fsp3) is 0.267. The first-order valence-corrected chi connectivity index (χ1v) is 6.47. The Bertz CT molecular complexity index is 599. The number of carbonyl (C=O) groups excluding carboxylic acids is 1. The Morgan fingerprint density at radius 3 is 2.81 bits per heavy atom. The lowest BCUT2D eigenvalue weighted by Crippen LogP contribution is -2.30. The minimum absolute atomic E-state index is 0.0163. The molecule has 0 bridgehead atoms. The first-order valence-electron chi connectivity index (χ1n) is 6.47. The second-order valence-corrected chi connectivity index (χ2v) is 4.55. The minimum atomic E-state index is -0.648. The summed E-state index contributed by atoms with van der Waals surface area (Å²) in [6.07, 6.45) is 1.50. The summed E-state index contributed by atoms with van der Waals surface area (Å²) in [7, 11) is 0. The predicted octanol–water partition coefficient (Wildman–Crippen LogP) is 2.34. The van der Waals surface area contributed by atoms with Crippen LogP contribution in [0.15, 0.2) is 41.0 Å². The molecule has 0 saturated carbocycles. The van der Waals surface area contributed by atoms with Crippen LogP contribution in [-0.4, -0.2) is 17.6 Å². The normalized spacial score (nSPS) is 12.1. The highest BCUT2D eigenvalue weighted by atomic mass is 19.1. The van der Waals surface area contributed by atoms with E-state index in [1.807, 2.05) is 0 Å². The van der Waals surface area contributed by atoms with Crippen LogP contribution in [-0.2, 0) is 11.2 Å². The van der Waals surface area contributed by atoms with Gasteiger partial charge in [-0.25, -0.2) is 8.78 Å². The number of hydrogen-bond donors (Lipinski definition) is 2. The molecular formula is C15H15F2NO3. The third kappa shape index (κ3) is 4.13. The van der Waals surface area contributed by atoms with Gasteiger partial charge in [-0.1, -0.05) is 0 Å². The topological polar surface area (TPSA) is 62.5 Å². The van der Waals surface area contributed by atoms with Gasteiger partial charge in [0.25, 0.3) is 0 Å². The lowest BCUT2D eigenvalue weighted by Gasteiger charge is -2.14. The molecule has 0 saturated heterocycles. The van der Waals surface area contributed by atoms with Crippen molar-refractivity contribution in [2.75, 3.05) is 6.61 Å². The molecule has 0 radical (unpaired) electrons. The van der Waals surface area contributed by atoms with Crippen LogP contribution < -0.4 is 5.32 Å². The van der Waals surface area contributed by atoms with Crippen molar-refractivity contribution in [3.8, 4) is 0 Å². The van der Waals surface area contributed by atoms with Gasteiger partial charge in [-0.3, -0.25) is 4.79 Å². The van der Waals surface area contributed by atoms with Gasteiger partial charge in [-0.15, -0.1) is 0 Å². The van der Waals surface area contributed by atoms with E-state index in [2.05, 4.69) is 5.32 Å². The SMILES string of the molecule is O=C(CCc1cc(F)ccc1F)NC(CO)c1ccco1. The van der Waals surface area contributed by atoms with Crippen molar-refractivity contribution in [3.63, 3.8) is 0 Å². The van der Waals surface area contributed by atoms with E-state index < -0.39 is 17.7 Å². The fourth-order valence-electron chi connectivity index (χ4n) is 1.95. The minimum Gasteiger partial charge on any atom is -0.467 e. The number of benzene rings is 1. The van der Waals surface area contributed by atoms with Crippen molar-refractivity contribution in [3.05, 3.63) is 59.6 Å². The van der Waals surface area contributed by atoms with Gasteiger partial charge < -0.3 is 14.8 Å². The molecular weight excluding hydrogens is 280 g/mol. The molecule has 4 nitrogen and oxygen atoms in total. The molecule has 2 aromatic rings. The highest BCUT2D eigenvalue weighted by Gasteiger charge is 2.16. The van der Waals surface area contributed by atoms with Crippen LogP contribution in [0.1, 0.15) is 23.8 Å². The maximum Gasteiger partial charge on any atom is 0.220 e. The lowest BCUT2D eigenvalue weighted by molar-refractivity contribution is -0.122. The Kier molecular flexibility index (Phi) is 5.05. The number of carbonyl (C=O) groups is 1. The van der Waals surface area contributed by atoms with Crippen LogP contribution in [0.3, 0.4) is 0 Å². The largest absolute Gasteiger partial charge is 0.467 e. The monoisotopic (exact) mass is 295 g/mol. The highest BCUT2D eigenvalue weighted by molar-refractivity contribution is 5.76. The van der Waals surface area contributed by atoms with E-state index in [-0.39, 0.29) is 30.9 Å². The Hall–Kier alpha value is -2.21. The average molecular weight is 295 g/mol. The summed E-state index contributed by atoms with van der Waals surface area (Å²) in [6.45, 7) is -0.312. The molecule has 1 atom stereocenters. The molecule has 1 amide bonds. The standard InChI is InChI=1S/C15H15F2NO3/c16-11-4-5-12(17)10(8-11)3-6-15(20)18-13(9-19)14-2-1-7-21-14/h1-2,4-5,7-8,13,19H,3,6,9H2,(H,18,20). The van der Waals surface area contributed by atoms with Crippen LogP contribution in [0.25, 0.3) is 0 Å². The molecule has 0 aliphatic carbocycles. The zero-order valence-corrected chi connectivity index (χ0v) is 11.2. The zero-order valence-electron chi connectivity index (χ0n) is 11.2. The van der Waals surface area contributed by atoms with Gasteiger partial charge in [0.05, 0.1) is 12.9 Å². The van der Waals surface area contributed by atoms with Crippen molar-refractivity contribution < 1.29 is 23.1 Å². The number of hydrogen-bond acceptors (Lipinski definition) is 3. The lowest BCUT2D eigenvalue weighted by atomic mass is 10.1. The van der Waals surface area contributed by atoms with E-state index >= 15 is 0 Å². The number of aliphatic hydroxyl groups excluding tert-OH is 1. The third-order valence-electron chi connectivity index (χ3n) is 3.03. The molecule has 1 aromatic heterocycles. The second-order valence-electron chi connectivity index (χ2n) is 4.55. The van der Waals surface area contributed by atoms with E-state index in [0.717, 1.165) is 18.2 Å². The fourth-order valence-corrected chi connectivity index (χ4v) is 1.95. The molecule has 0 aliphatic heterocycles. The molecule has 1 unspecified atom stereocenters. The summed E-state index contributed by atoms with van der Waals surface area (Å²) in [5.74, 6) is -1.04. The summed E-state index contributed by atoms with van der Waals surface area (Å²) in [5.41, 5.74) is 0.142. The number of nitrogens with one attached hydrogen (secondary N) is 1. The van der Waals surface area contributed by atoms with Crippen molar-refractivity contribution in [2.45, 2.75) is 18.9 Å². The molecule has 6 heteroatoms. The number of aryl methyl sites for hydroxylation is 1. The highest BCUT2D eigenvalue weighted by Crippen LogP contribution is 2.14. The first-order chi connectivity index (χ1) is 10.1. The van der Waals surface area contributed by atoms with Crippen molar-refractivity contribution in [2.24, 2.45) is 0 Å². The number of halogens is 2. The molecule has 1 heterocycles. The summed E-state index contributed by atoms with van der Waals surface area (Å²) < 4.78 is 31.5. The summed E-state index contributed by atoms with van der Waals surface area (Å²) in [6, 6.07) is 5.75. The van der Waals surface area contributed by atoms with Gasteiger partial charge in [-0.2, -0.15) is 0 Å². The van der Waals surface area contributed by atoms with Crippen LogP contribution in [0.4, 0.5) is 8.78 Å². The van der Waals surface area contributed by atoms with Gasteiger partial charge in [-0.05, 0) is 42.3 Å². The first kappa shape index (κ1) is 15.2. The smallest absolute Gasteiger partial charge is 0.220 e. The van der Waals surface area contributed by atoms with Gasteiger partial charge in [0.15, 0.2) is 0 Å². The molecule has 21 heavy (non-hydrogen) atoms. The quantitative estimate of drug-likeness (QED) is 0.860. The van der Waals surface area contributed by atoms with Crippen LogP contribution in [0, 0.1) is 11.6 Å². The van der Waals surface area contributed by atoms with Crippen molar-refractivity contribution >= 4 is 5.91 Å². The maximum atomic E-state index is 13.4. The van der Waals surface area contributed by atoms with Gasteiger partial charge in [0, 0.05) is 6.42 Å². The second kappa shape index (κ2) is 6.99. The summed E-state index contributed by atoms with van der Waals surface area (Å²) in [4.78, 5) is 11.8. The Labute approximate surface area is 120 Å². The van der Waals surface area contributed by atoms with E-state index in [4.69, 9.17) is 4.42 Å². The number of aliphatic hydroxyl groups is 1. The van der Waals surface area contributed by atoms with Crippen LogP contribution in [0.5, 0.6) is 0 Å². The Balaban J connectivity index is 1.91. The van der Waals surface area contributed by atoms with E-state index in [1.54, 1.807) is 12.1 Å². The molecule has 2 N–H and O–H groups in total. The van der Waals surface area contributed by atoms with Crippen molar-refractivity contribution in [1.82, 2.24) is 5.32 Å². The Morgan fingerprint density at radius 2 is 2.14 bits per heavy atom. The van der Waals surface area contributed by atoms with Gasteiger partial charge in [0.1, 0.15) is 23.4 Å². The third-order valence-corrected chi connectivity index (χ3v) is 3.03. The molecule has 2 rings (SSSR count). The van der Waals surface area contributed by atoms with Crippen LogP contribution in [0.2, 0.25) is 0 Å².